The second kappa shape index (κ2) is 24.8. The molecule has 0 spiro atoms. The summed E-state index contributed by atoms with van der Waals surface area (Å²) in [6.45, 7) is 4.40. The third-order valence-corrected chi connectivity index (χ3v) is 6.20. The van der Waals surface area contributed by atoms with Crippen LogP contribution in [0.25, 0.3) is 0 Å². The second-order valence-electron chi connectivity index (χ2n) is 8.81. The Morgan fingerprint density at radius 1 is 0.484 bits per heavy atom. The van der Waals surface area contributed by atoms with E-state index in [4.69, 9.17) is 0 Å². The van der Waals surface area contributed by atoms with E-state index in [2.05, 4.69) is 13.8 Å². The van der Waals surface area contributed by atoms with Crippen LogP contribution in [0.4, 0.5) is 0 Å². The van der Waals surface area contributed by atoms with Crippen LogP contribution in [0.1, 0.15) is 142 Å². The first-order valence-electron chi connectivity index (χ1n) is 12.4. The Kier molecular flexibility index (Phi) is 28.5. The summed E-state index contributed by atoms with van der Waals surface area (Å²) in [5.41, 5.74) is -1.80. The number of unbranched alkanes of at least 4 members (excludes halogenated alkanes) is 16. The Balaban J connectivity index is -0.00000392. The monoisotopic (exact) mass is 424 g/mol. The van der Waals surface area contributed by atoms with Crippen molar-refractivity contribution in [3.05, 3.63) is 0 Å². The molecule has 0 bridgehead atoms. The van der Waals surface area contributed by atoms with E-state index in [9.17, 15) is 19.8 Å². The van der Waals surface area contributed by atoms with Gasteiger partial charge in [0.05, 0.1) is 11.9 Å². The number of hydrogen-bond acceptors (Lipinski definition) is 4. The Morgan fingerprint density at radius 3 is 0.935 bits per heavy atom. The molecule has 0 aromatic carbocycles. The largest absolute Gasteiger partial charge is 1.00 e. The molecule has 0 saturated heterocycles. The summed E-state index contributed by atoms with van der Waals surface area (Å²) in [4.78, 5) is 23.3. The number of aliphatic carboxylic acids is 2. The van der Waals surface area contributed by atoms with E-state index in [1.807, 2.05) is 0 Å². The van der Waals surface area contributed by atoms with Crippen molar-refractivity contribution in [2.24, 2.45) is 5.41 Å². The van der Waals surface area contributed by atoms with Crippen molar-refractivity contribution in [1.82, 2.24) is 0 Å². The van der Waals surface area contributed by atoms with Gasteiger partial charge in [0, 0.05) is 5.41 Å². The van der Waals surface area contributed by atoms with Gasteiger partial charge in [-0.25, -0.2) is 0 Å². The average Bonchev–Trinajstić information content (AvgIpc) is 2.69. The molecular weight excluding hydrogens is 378 g/mol. The molecule has 0 atom stereocenters. The van der Waals surface area contributed by atoms with Gasteiger partial charge in [-0.05, 0) is 12.8 Å². The number of carboxylic acid groups (broad SMARTS) is 2. The van der Waals surface area contributed by atoms with Gasteiger partial charge in [-0.2, -0.15) is 0 Å². The molecule has 0 fully saturated rings. The molecule has 0 rings (SSSR count). The summed E-state index contributed by atoms with van der Waals surface area (Å²) >= 11 is 0. The minimum absolute atomic E-state index is 0. The molecule has 0 aliphatic carbocycles. The van der Waals surface area contributed by atoms with Crippen LogP contribution in [0.2, 0.25) is 0 Å². The summed E-state index contributed by atoms with van der Waals surface area (Å²) in [7, 11) is 0. The van der Waals surface area contributed by atoms with Crippen LogP contribution in [0.5, 0.6) is 0 Å². The Hall–Kier alpha value is 0.135. The standard InChI is InChI=1S/C25H48O4.2Li/c1-3-5-7-9-11-13-14-16-18-20-22-25(23(26)27,24(28)29)21-19-17-15-12-10-8-6-4-2;;/h3-22H2,1-2H3,(H,26,27)(H,28,29);;/q;2*+1/p-2. The van der Waals surface area contributed by atoms with Gasteiger partial charge in [-0.15, -0.1) is 0 Å². The maximum absolute atomic E-state index is 11.7. The van der Waals surface area contributed by atoms with Gasteiger partial charge in [0.2, 0.25) is 0 Å². The summed E-state index contributed by atoms with van der Waals surface area (Å²) in [5, 5.41) is 23.3. The predicted molar refractivity (Wildman–Crippen MR) is 116 cm³/mol. The van der Waals surface area contributed by atoms with Gasteiger partial charge in [-0.1, -0.05) is 129 Å². The Bertz CT molecular complexity index is 402. The second-order valence-corrected chi connectivity index (χ2v) is 8.81. The predicted octanol–water partition coefficient (Wildman–Crippen LogP) is -0.678. The van der Waals surface area contributed by atoms with Gasteiger partial charge in [0.25, 0.3) is 0 Å². The van der Waals surface area contributed by atoms with Gasteiger partial charge in [-0.3, -0.25) is 0 Å². The van der Waals surface area contributed by atoms with Crippen LogP contribution in [-0.2, 0) is 9.59 Å². The fourth-order valence-electron chi connectivity index (χ4n) is 4.09. The van der Waals surface area contributed by atoms with Crippen molar-refractivity contribution in [3.8, 4) is 0 Å². The first-order chi connectivity index (χ1) is 14.0. The molecule has 172 valence electrons. The van der Waals surface area contributed by atoms with E-state index in [0.717, 1.165) is 38.5 Å². The SMILES string of the molecule is CCCCCCCCCCCCC(CCCCCCCCCC)(C(=O)[O-])C(=O)[O-].[Li+].[Li+]. The van der Waals surface area contributed by atoms with Crippen LogP contribution < -0.4 is 47.9 Å². The van der Waals surface area contributed by atoms with E-state index < -0.39 is 17.4 Å². The van der Waals surface area contributed by atoms with Gasteiger partial charge in [0.1, 0.15) is 0 Å². The third kappa shape index (κ3) is 18.3. The van der Waals surface area contributed by atoms with E-state index in [-0.39, 0.29) is 50.6 Å². The third-order valence-electron chi connectivity index (χ3n) is 6.20. The minimum atomic E-state index is -1.80. The molecule has 0 amide bonds. The topological polar surface area (TPSA) is 80.3 Å². The fourth-order valence-corrected chi connectivity index (χ4v) is 4.09. The van der Waals surface area contributed by atoms with Crippen molar-refractivity contribution in [1.29, 1.82) is 0 Å². The van der Waals surface area contributed by atoms with E-state index >= 15 is 0 Å². The summed E-state index contributed by atoms with van der Waals surface area (Å²) < 4.78 is 0. The van der Waals surface area contributed by atoms with Crippen molar-refractivity contribution < 1.29 is 57.5 Å². The van der Waals surface area contributed by atoms with Crippen molar-refractivity contribution >= 4 is 11.9 Å². The van der Waals surface area contributed by atoms with Crippen molar-refractivity contribution in [2.75, 3.05) is 0 Å². The maximum atomic E-state index is 11.7. The molecule has 6 heteroatoms. The minimum Gasteiger partial charge on any atom is -0.549 e. The number of hydrogen-bond donors (Lipinski definition) is 0. The molecule has 0 aromatic heterocycles. The molecule has 0 aromatic rings. The van der Waals surface area contributed by atoms with Crippen LogP contribution in [0, 0.1) is 5.41 Å². The quantitative estimate of drug-likeness (QED) is 0.131. The van der Waals surface area contributed by atoms with Crippen LogP contribution in [0.15, 0.2) is 0 Å². The molecule has 0 aliphatic heterocycles. The zero-order chi connectivity index (χ0) is 21.8. The van der Waals surface area contributed by atoms with E-state index in [1.54, 1.807) is 0 Å². The van der Waals surface area contributed by atoms with Crippen molar-refractivity contribution in [3.63, 3.8) is 0 Å². The summed E-state index contributed by atoms with van der Waals surface area (Å²) in [5.74, 6) is -2.92. The number of carbonyl (C=O) groups excluding carboxylic acids is 2. The van der Waals surface area contributed by atoms with Gasteiger partial charge in [0.15, 0.2) is 0 Å². The molecule has 0 N–H and O–H groups in total. The summed E-state index contributed by atoms with van der Waals surface area (Å²) in [6, 6.07) is 0. The van der Waals surface area contributed by atoms with Gasteiger partial charge >= 0.3 is 37.7 Å². The molecule has 0 heterocycles. The zero-order valence-electron chi connectivity index (χ0n) is 21.3. The first-order valence-corrected chi connectivity index (χ1v) is 12.4. The van der Waals surface area contributed by atoms with Crippen LogP contribution in [-0.4, -0.2) is 11.9 Å². The first kappa shape index (κ1) is 35.7. The normalized spacial score (nSPS) is 10.9. The number of rotatable bonds is 22. The van der Waals surface area contributed by atoms with E-state index in [0.29, 0.717) is 12.8 Å². The summed E-state index contributed by atoms with van der Waals surface area (Å²) in [6.07, 6.45) is 20.3. The maximum Gasteiger partial charge on any atom is 1.00 e. The zero-order valence-corrected chi connectivity index (χ0v) is 21.3. The van der Waals surface area contributed by atoms with Crippen molar-refractivity contribution in [2.45, 2.75) is 142 Å². The average molecular weight is 425 g/mol. The van der Waals surface area contributed by atoms with Crippen LogP contribution in [0.3, 0.4) is 0 Å². The molecular formula is C25H46Li2O4. The number of carboxylic acids is 2. The smallest absolute Gasteiger partial charge is 0.549 e. The fraction of sp³-hybridized carbons (Fsp3) is 0.920. The Labute approximate surface area is 216 Å². The van der Waals surface area contributed by atoms with Gasteiger partial charge < -0.3 is 19.8 Å². The van der Waals surface area contributed by atoms with Crippen LogP contribution >= 0.6 is 0 Å². The molecule has 0 aliphatic rings. The molecule has 4 nitrogen and oxygen atoms in total. The molecule has 0 saturated carbocycles. The molecule has 0 radical (unpaired) electrons. The van der Waals surface area contributed by atoms with E-state index in [1.165, 1.54) is 64.2 Å². The molecule has 31 heavy (non-hydrogen) atoms. The number of carbonyl (C=O) groups is 2. The Morgan fingerprint density at radius 2 is 0.710 bits per heavy atom. The molecule has 0 unspecified atom stereocenters.